The lowest BCUT2D eigenvalue weighted by Gasteiger charge is -2.11. The maximum Gasteiger partial charge on any atom is 0.343 e. The van der Waals surface area contributed by atoms with Crippen LogP contribution in [0.4, 0.5) is 0 Å². The van der Waals surface area contributed by atoms with E-state index in [-0.39, 0.29) is 54.6 Å². The van der Waals surface area contributed by atoms with Gasteiger partial charge in [0.15, 0.2) is 34.5 Å². The van der Waals surface area contributed by atoms with Gasteiger partial charge in [-0.1, -0.05) is 61.7 Å². The predicted octanol–water partition coefficient (Wildman–Crippen LogP) is 13.7. The number of carboxylic acids is 2. The molecular formula is C75H90O22. The number of allylic oxidation sites excluding steroid dienone is 2. The topological polar surface area (TPSA) is 313 Å². The van der Waals surface area contributed by atoms with Crippen molar-refractivity contribution in [1.29, 1.82) is 0 Å². The van der Waals surface area contributed by atoms with Crippen molar-refractivity contribution < 1.29 is 106 Å². The molecule has 0 saturated heterocycles. The number of aliphatic hydroxyl groups is 1. The summed E-state index contributed by atoms with van der Waals surface area (Å²) in [4.78, 5) is 79.0. The van der Waals surface area contributed by atoms with E-state index in [0.29, 0.717) is 83.0 Å². The molecule has 522 valence electrons. The van der Waals surface area contributed by atoms with Crippen LogP contribution in [0.1, 0.15) is 116 Å². The van der Waals surface area contributed by atoms with E-state index in [9.17, 15) is 43.8 Å². The average Bonchev–Trinajstić information content (AvgIpc) is 0.888. The zero-order chi connectivity index (χ0) is 72.2. The Bertz CT molecular complexity index is 3410. The van der Waals surface area contributed by atoms with Crippen LogP contribution in [0.2, 0.25) is 0 Å². The Labute approximate surface area is 567 Å². The molecular weight excluding hydrogens is 1250 g/mol. The normalized spacial score (nSPS) is 10.4. The molecule has 0 aliphatic carbocycles. The molecule has 5 rings (SSSR count). The summed E-state index contributed by atoms with van der Waals surface area (Å²) in [6.07, 6.45) is 24.0. The smallest absolute Gasteiger partial charge is 0.343 e. The summed E-state index contributed by atoms with van der Waals surface area (Å²) < 4.78 is 51.9. The molecule has 0 spiro atoms. The summed E-state index contributed by atoms with van der Waals surface area (Å²) in [5.74, 6) is -1.39. The fraction of sp³-hybridized carbons (Fsp3) is 0.293. The first-order valence-corrected chi connectivity index (χ1v) is 30.6. The first kappa shape index (κ1) is 83.9. The molecule has 5 aromatic rings. The molecule has 0 radical (unpaired) electrons. The summed E-state index contributed by atoms with van der Waals surface area (Å²) in [6.45, 7) is 19.7. The second-order valence-corrected chi connectivity index (χ2v) is 20.1. The van der Waals surface area contributed by atoms with Crippen LogP contribution >= 0.6 is 0 Å². The minimum absolute atomic E-state index is 0.0278. The van der Waals surface area contributed by atoms with Gasteiger partial charge in [0.05, 0.1) is 65.5 Å². The number of carboxylic acid groups (broad SMARTS) is 2. The second-order valence-electron chi connectivity index (χ2n) is 20.1. The molecule has 0 atom stereocenters. The molecule has 97 heavy (non-hydrogen) atoms. The quantitative estimate of drug-likeness (QED) is 0.00628. The van der Waals surface area contributed by atoms with Gasteiger partial charge in [-0.25, -0.2) is 33.6 Å². The van der Waals surface area contributed by atoms with Gasteiger partial charge >= 0.3 is 41.8 Å². The molecule has 0 bridgehead atoms. The van der Waals surface area contributed by atoms with Crippen molar-refractivity contribution in [2.75, 3.05) is 67.6 Å². The monoisotopic (exact) mass is 1340 g/mol. The molecule has 0 unspecified atom stereocenters. The first-order chi connectivity index (χ1) is 46.5. The zero-order valence-electron chi connectivity index (χ0n) is 56.1. The first-order valence-electron chi connectivity index (χ1n) is 30.6. The molecule has 0 amide bonds. The molecule has 5 N–H and O–H groups in total. The second kappa shape index (κ2) is 51.3. The number of benzene rings is 5. The summed E-state index contributed by atoms with van der Waals surface area (Å²) >= 11 is 0. The molecule has 0 saturated carbocycles. The highest BCUT2D eigenvalue weighted by Gasteiger charge is 2.14. The number of phenols is 2. The van der Waals surface area contributed by atoms with Crippen molar-refractivity contribution in [3.05, 3.63) is 210 Å². The number of aliphatic carboxylic acids is 1. The maximum absolute atomic E-state index is 12.6. The van der Waals surface area contributed by atoms with Gasteiger partial charge in [-0.15, -0.1) is 6.58 Å². The number of esters is 5. The molecule has 0 heterocycles. The summed E-state index contributed by atoms with van der Waals surface area (Å²) in [5.41, 5.74) is 3.51. The Hall–Kier alpha value is -11.1. The van der Waals surface area contributed by atoms with Crippen molar-refractivity contribution in [2.24, 2.45) is 0 Å². The average molecular weight is 1340 g/mol. The van der Waals surface area contributed by atoms with E-state index in [0.717, 1.165) is 63.0 Å². The molecule has 5 aromatic carbocycles. The Kier molecular flexibility index (Phi) is 44.4. The van der Waals surface area contributed by atoms with Crippen LogP contribution in [-0.2, 0) is 42.9 Å². The zero-order valence-corrected chi connectivity index (χ0v) is 56.1. The number of phenolic OH excluding ortho intramolecular Hbond substituents is 2. The van der Waals surface area contributed by atoms with Gasteiger partial charge < -0.3 is 72.9 Å². The van der Waals surface area contributed by atoms with Crippen molar-refractivity contribution in [1.82, 2.24) is 0 Å². The Morgan fingerprint density at radius 1 is 0.464 bits per heavy atom. The van der Waals surface area contributed by atoms with E-state index in [1.54, 1.807) is 123 Å². The number of carbonyl (C=O) groups excluding carboxylic acids is 5. The third-order valence-corrected chi connectivity index (χ3v) is 12.3. The van der Waals surface area contributed by atoms with Gasteiger partial charge in [-0.2, -0.15) is 0 Å². The highest BCUT2D eigenvalue weighted by molar-refractivity contribution is 5.92. The lowest BCUT2D eigenvalue weighted by molar-refractivity contribution is -0.139. The van der Waals surface area contributed by atoms with Crippen LogP contribution in [-0.4, -0.2) is 135 Å². The highest BCUT2D eigenvalue weighted by Crippen LogP contribution is 2.31. The SMILES string of the molecule is C/C=C/COC(=O)/C=C/c1ccc(O)c(OC)c1.C=C(C)C(=O)OCCCCCCOc1ccc(C(=O)O)cc1.C=C(C)C(=O)OCCCCCCOc1ccc(C(=O)Oc2ccc(/C=C/C(=O)OC/C=C/C)cc2OC)cc1.C=CCO.COc1cc(/C=C/C(=O)O)ccc1O. The number of unbranched alkanes of at least 4 members (excludes halogenated alkanes) is 6. The van der Waals surface area contributed by atoms with E-state index in [1.807, 2.05) is 19.9 Å². The van der Waals surface area contributed by atoms with E-state index in [2.05, 4.69) is 19.7 Å². The minimum atomic E-state index is -1.02. The van der Waals surface area contributed by atoms with Crippen molar-refractivity contribution in [3.8, 4) is 46.0 Å². The van der Waals surface area contributed by atoms with Crippen LogP contribution in [0.15, 0.2) is 183 Å². The number of aromatic hydroxyl groups is 2. The number of hydrogen-bond donors (Lipinski definition) is 5. The molecule has 0 fully saturated rings. The van der Waals surface area contributed by atoms with Crippen LogP contribution in [0.5, 0.6) is 46.0 Å². The number of aromatic carboxylic acids is 1. The Morgan fingerprint density at radius 2 is 0.835 bits per heavy atom. The largest absolute Gasteiger partial charge is 0.504 e. The number of carbonyl (C=O) groups is 7. The third kappa shape index (κ3) is 39.2. The molecule has 0 aliphatic rings. The highest BCUT2D eigenvalue weighted by atomic mass is 16.6. The molecule has 0 aliphatic heterocycles. The van der Waals surface area contributed by atoms with Crippen LogP contribution in [0.3, 0.4) is 0 Å². The van der Waals surface area contributed by atoms with Crippen LogP contribution < -0.4 is 28.4 Å². The van der Waals surface area contributed by atoms with Crippen molar-refractivity contribution in [2.45, 2.75) is 79.1 Å². The van der Waals surface area contributed by atoms with Crippen LogP contribution in [0, 0.1) is 0 Å². The standard InChI is InChI=1S/C31H36O8.C17H22O5.C14H16O4.C10H10O4.C3H6O/c1-5-6-19-37-29(32)18-12-24-11-17-27(28(22-24)35-4)39-31(34)25-13-15-26(16-14-25)36-20-9-7-8-10-21-38-30(33)23(2)3;1-13(2)17(20)22-12-6-4-3-5-11-21-15-9-7-14(8-10-15)16(18)19;1-3-4-9-18-14(16)8-6-11-5-7-12(15)13(10-11)17-2;1-14-9-6-7(2-4-8(9)11)3-5-10(12)13;1-2-3-4/h5-6,11-18,22H,2,7-10,19-21H2,1,3-4H3;7-10H,1,3-6,11-12H2,2H3,(H,18,19);3-8,10,15H,9H2,1-2H3;2-6,11H,1H3,(H,12,13);2,4H,1,3H2/b6-5+,18-12+;;4-3+,8-6+;5-3+;. The van der Waals surface area contributed by atoms with E-state index in [1.165, 1.54) is 69.9 Å². The number of hydrogen-bond acceptors (Lipinski definition) is 20. The molecule has 22 heteroatoms. The van der Waals surface area contributed by atoms with Gasteiger partial charge in [0.1, 0.15) is 24.7 Å². The van der Waals surface area contributed by atoms with Crippen molar-refractivity contribution >= 4 is 60.0 Å². The summed E-state index contributed by atoms with van der Waals surface area (Å²) in [7, 11) is 4.36. The van der Waals surface area contributed by atoms with Gasteiger partial charge in [-0.3, -0.25) is 0 Å². The third-order valence-electron chi connectivity index (χ3n) is 12.3. The molecule has 0 aromatic heterocycles. The van der Waals surface area contributed by atoms with Gasteiger partial charge in [0.25, 0.3) is 0 Å². The fourth-order valence-corrected chi connectivity index (χ4v) is 7.12. The van der Waals surface area contributed by atoms with E-state index in [4.69, 9.17) is 62.7 Å². The summed E-state index contributed by atoms with van der Waals surface area (Å²) in [6, 6.07) is 27.4. The predicted molar refractivity (Wildman–Crippen MR) is 370 cm³/mol. The van der Waals surface area contributed by atoms with Crippen LogP contribution in [0.25, 0.3) is 18.2 Å². The number of methoxy groups -OCH3 is 3. The number of aliphatic hydroxyl groups excluding tert-OH is 1. The van der Waals surface area contributed by atoms with Gasteiger partial charge in [0, 0.05) is 29.4 Å². The fourth-order valence-electron chi connectivity index (χ4n) is 7.12. The maximum atomic E-state index is 12.6. The lowest BCUT2D eigenvalue weighted by Crippen LogP contribution is -2.09. The Balaban J connectivity index is 0.000000685. The minimum Gasteiger partial charge on any atom is -0.504 e. The number of ether oxygens (including phenoxy) is 10. The van der Waals surface area contributed by atoms with Crippen molar-refractivity contribution in [3.63, 3.8) is 0 Å². The molecule has 22 nitrogen and oxygen atoms in total. The van der Waals surface area contributed by atoms with E-state index >= 15 is 0 Å². The van der Waals surface area contributed by atoms with E-state index < -0.39 is 29.8 Å². The lowest BCUT2D eigenvalue weighted by atomic mass is 10.2. The van der Waals surface area contributed by atoms with Gasteiger partial charge in [0.2, 0.25) is 0 Å². The Morgan fingerprint density at radius 3 is 1.20 bits per heavy atom. The number of rotatable bonds is 35. The van der Waals surface area contributed by atoms with Gasteiger partial charge in [-0.05, 0) is 199 Å². The summed E-state index contributed by atoms with van der Waals surface area (Å²) in [5, 5.41) is 43.6.